The molecule has 0 radical (unpaired) electrons. The van der Waals surface area contributed by atoms with E-state index in [0.717, 1.165) is 11.8 Å². The van der Waals surface area contributed by atoms with Crippen molar-refractivity contribution in [1.82, 2.24) is 4.83 Å². The van der Waals surface area contributed by atoms with Crippen LogP contribution in [-0.4, -0.2) is 27.9 Å². The largest absolute Gasteiger partial charge is 0.490 e. The molecule has 1 N–H and O–H groups in total. The molecule has 0 aliphatic rings. The van der Waals surface area contributed by atoms with Crippen LogP contribution >= 0.6 is 0 Å². The molecule has 2 rings (SSSR count). The van der Waals surface area contributed by atoms with Crippen LogP contribution in [-0.2, 0) is 10.0 Å². The van der Waals surface area contributed by atoms with E-state index >= 15 is 0 Å². The number of sulfonamides is 1. The van der Waals surface area contributed by atoms with Crippen LogP contribution in [0, 0.1) is 13.8 Å². The molecular formula is C18H20F2N2O4S. The number of halogens is 2. The number of aryl methyl sites for hydroxylation is 2. The highest BCUT2D eigenvalue weighted by Gasteiger charge is 2.17. The summed E-state index contributed by atoms with van der Waals surface area (Å²) in [6, 6.07) is 9.49. The molecule has 2 aromatic rings. The first kappa shape index (κ1) is 20.6. The zero-order valence-electron chi connectivity index (χ0n) is 15.1. The summed E-state index contributed by atoms with van der Waals surface area (Å²) < 4.78 is 60.0. The highest BCUT2D eigenvalue weighted by Crippen LogP contribution is 2.31. The highest BCUT2D eigenvalue weighted by atomic mass is 32.2. The molecule has 0 aliphatic heterocycles. The molecule has 0 aliphatic carbocycles. The smallest absolute Gasteiger partial charge is 0.387 e. The van der Waals surface area contributed by atoms with Gasteiger partial charge in [0.05, 0.1) is 17.7 Å². The van der Waals surface area contributed by atoms with E-state index < -0.39 is 16.6 Å². The Kier molecular flexibility index (Phi) is 6.73. The average Bonchev–Trinajstić information content (AvgIpc) is 2.59. The van der Waals surface area contributed by atoms with Gasteiger partial charge in [-0.25, -0.2) is 4.83 Å². The van der Waals surface area contributed by atoms with Crippen LogP contribution in [0.1, 0.15) is 23.6 Å². The fourth-order valence-corrected chi connectivity index (χ4v) is 3.45. The number of hydrogen-bond acceptors (Lipinski definition) is 5. The second-order valence-corrected chi connectivity index (χ2v) is 7.24. The summed E-state index contributed by atoms with van der Waals surface area (Å²) >= 11 is 0. The van der Waals surface area contributed by atoms with Gasteiger partial charge in [0.1, 0.15) is 0 Å². The number of rotatable bonds is 8. The molecule has 0 saturated carbocycles. The maximum Gasteiger partial charge on any atom is 0.387 e. The van der Waals surface area contributed by atoms with Gasteiger partial charge in [-0.1, -0.05) is 18.2 Å². The Morgan fingerprint density at radius 1 is 1.22 bits per heavy atom. The number of nitrogens with one attached hydrogen (secondary N) is 1. The standard InChI is InChI=1S/C18H20F2N2O4S/c1-4-25-15-7-5-6-14(17(15)26-18(19)20)11-21-22-27(23,24)16-10-12(2)8-9-13(16)3/h5-11,18,22H,4H2,1-3H3. The Bertz CT molecular complexity index is 931. The molecule has 0 saturated heterocycles. The van der Waals surface area contributed by atoms with E-state index in [1.54, 1.807) is 39.0 Å². The zero-order valence-corrected chi connectivity index (χ0v) is 15.9. The molecule has 2 aromatic carbocycles. The highest BCUT2D eigenvalue weighted by molar-refractivity contribution is 7.89. The summed E-state index contributed by atoms with van der Waals surface area (Å²) in [4.78, 5) is 2.17. The van der Waals surface area contributed by atoms with Crippen LogP contribution in [0.4, 0.5) is 8.78 Å². The van der Waals surface area contributed by atoms with E-state index in [2.05, 4.69) is 14.7 Å². The maximum absolute atomic E-state index is 12.7. The average molecular weight is 398 g/mol. The van der Waals surface area contributed by atoms with Gasteiger partial charge < -0.3 is 9.47 Å². The summed E-state index contributed by atoms with van der Waals surface area (Å²) in [5, 5.41) is 3.69. The van der Waals surface area contributed by atoms with E-state index in [-0.39, 0.29) is 28.6 Å². The molecule has 6 nitrogen and oxygen atoms in total. The lowest BCUT2D eigenvalue weighted by Crippen LogP contribution is -2.19. The van der Waals surface area contributed by atoms with E-state index in [1.807, 2.05) is 0 Å². The first-order valence-electron chi connectivity index (χ1n) is 8.07. The summed E-state index contributed by atoms with van der Waals surface area (Å²) in [6.45, 7) is 2.32. The van der Waals surface area contributed by atoms with Gasteiger partial charge in [0.15, 0.2) is 11.5 Å². The maximum atomic E-state index is 12.7. The van der Waals surface area contributed by atoms with Crippen molar-refractivity contribution in [3.63, 3.8) is 0 Å². The van der Waals surface area contributed by atoms with Crippen molar-refractivity contribution in [2.45, 2.75) is 32.3 Å². The molecule has 0 unspecified atom stereocenters. The minimum Gasteiger partial charge on any atom is -0.490 e. The third-order valence-electron chi connectivity index (χ3n) is 3.53. The Morgan fingerprint density at radius 2 is 1.96 bits per heavy atom. The summed E-state index contributed by atoms with van der Waals surface area (Å²) in [6.07, 6.45) is 1.09. The molecule has 0 heterocycles. The number of alkyl halides is 2. The molecule has 0 aromatic heterocycles. The van der Waals surface area contributed by atoms with Crippen molar-refractivity contribution in [1.29, 1.82) is 0 Å². The monoisotopic (exact) mass is 398 g/mol. The molecule has 0 amide bonds. The Labute approximate surface area is 156 Å². The van der Waals surface area contributed by atoms with Gasteiger partial charge in [0.2, 0.25) is 0 Å². The van der Waals surface area contributed by atoms with Gasteiger partial charge in [-0.2, -0.15) is 22.3 Å². The van der Waals surface area contributed by atoms with Gasteiger partial charge in [-0.05, 0) is 50.1 Å². The number of benzene rings is 2. The van der Waals surface area contributed by atoms with Crippen molar-refractivity contribution in [3.05, 3.63) is 53.1 Å². The van der Waals surface area contributed by atoms with Gasteiger partial charge >= 0.3 is 6.61 Å². The van der Waals surface area contributed by atoms with Crippen molar-refractivity contribution in [2.24, 2.45) is 5.10 Å². The third kappa shape index (κ3) is 5.40. The second-order valence-electron chi connectivity index (χ2n) is 5.61. The van der Waals surface area contributed by atoms with Gasteiger partial charge in [-0.3, -0.25) is 0 Å². The Balaban J connectivity index is 2.30. The summed E-state index contributed by atoms with van der Waals surface area (Å²) in [5.74, 6) is -0.108. The molecular weight excluding hydrogens is 378 g/mol. The second kappa shape index (κ2) is 8.81. The van der Waals surface area contributed by atoms with E-state index in [9.17, 15) is 17.2 Å². The number of para-hydroxylation sites is 1. The van der Waals surface area contributed by atoms with Gasteiger partial charge in [0.25, 0.3) is 10.0 Å². The van der Waals surface area contributed by atoms with Crippen LogP contribution in [0.5, 0.6) is 11.5 Å². The fraction of sp³-hybridized carbons (Fsp3) is 0.278. The predicted octanol–water partition coefficient (Wildman–Crippen LogP) is 3.62. The molecule has 0 spiro atoms. The van der Waals surface area contributed by atoms with Crippen LogP contribution in [0.25, 0.3) is 0 Å². The SMILES string of the molecule is CCOc1cccc(C=NNS(=O)(=O)c2cc(C)ccc2C)c1OC(F)F. The van der Waals surface area contributed by atoms with Crippen molar-refractivity contribution < 1.29 is 26.7 Å². The number of ether oxygens (including phenoxy) is 2. The minimum absolute atomic E-state index is 0.0896. The van der Waals surface area contributed by atoms with Crippen molar-refractivity contribution >= 4 is 16.2 Å². The predicted molar refractivity (Wildman–Crippen MR) is 98.1 cm³/mol. The normalized spacial score (nSPS) is 11.8. The summed E-state index contributed by atoms with van der Waals surface area (Å²) in [5.41, 5.74) is 1.48. The first-order chi connectivity index (χ1) is 12.7. The van der Waals surface area contributed by atoms with Gasteiger partial charge in [-0.15, -0.1) is 0 Å². The van der Waals surface area contributed by atoms with E-state index in [4.69, 9.17) is 4.74 Å². The molecule has 0 bridgehead atoms. The number of nitrogens with zero attached hydrogens (tertiary/aromatic N) is 1. The third-order valence-corrected chi connectivity index (χ3v) is 4.89. The Morgan fingerprint density at radius 3 is 2.63 bits per heavy atom. The molecule has 146 valence electrons. The topological polar surface area (TPSA) is 77.0 Å². The van der Waals surface area contributed by atoms with Crippen molar-refractivity contribution in [3.8, 4) is 11.5 Å². The first-order valence-corrected chi connectivity index (χ1v) is 9.55. The summed E-state index contributed by atoms with van der Waals surface area (Å²) in [7, 11) is -3.91. The lowest BCUT2D eigenvalue weighted by Gasteiger charge is -2.13. The fourth-order valence-electron chi connectivity index (χ4n) is 2.33. The Hall–Kier alpha value is -2.68. The van der Waals surface area contributed by atoms with Gasteiger partial charge in [0, 0.05) is 5.56 Å². The molecule has 0 fully saturated rings. The van der Waals surface area contributed by atoms with E-state index in [1.165, 1.54) is 18.2 Å². The van der Waals surface area contributed by atoms with E-state index in [0.29, 0.717) is 5.56 Å². The number of hydrazone groups is 1. The lowest BCUT2D eigenvalue weighted by molar-refractivity contribution is -0.0515. The zero-order chi connectivity index (χ0) is 20.0. The molecule has 9 heteroatoms. The molecule has 0 atom stereocenters. The van der Waals surface area contributed by atoms with Crippen LogP contribution in [0.3, 0.4) is 0 Å². The lowest BCUT2D eigenvalue weighted by atomic mass is 10.2. The number of hydrogen-bond donors (Lipinski definition) is 1. The van der Waals surface area contributed by atoms with Crippen LogP contribution in [0.15, 0.2) is 46.4 Å². The molecule has 27 heavy (non-hydrogen) atoms. The van der Waals surface area contributed by atoms with Crippen LogP contribution in [0.2, 0.25) is 0 Å². The minimum atomic E-state index is -3.91. The van der Waals surface area contributed by atoms with Crippen LogP contribution < -0.4 is 14.3 Å². The van der Waals surface area contributed by atoms with Crippen molar-refractivity contribution in [2.75, 3.05) is 6.61 Å². The quantitative estimate of drug-likeness (QED) is 0.544.